The topological polar surface area (TPSA) is 3.24 Å². The average Bonchev–Trinajstić information content (AvgIpc) is 2.29. The molecule has 1 aromatic carbocycles. The summed E-state index contributed by atoms with van der Waals surface area (Å²) in [5, 5.41) is 0. The van der Waals surface area contributed by atoms with Crippen molar-refractivity contribution < 1.29 is 0 Å². The van der Waals surface area contributed by atoms with Gasteiger partial charge >= 0.3 is 0 Å². The van der Waals surface area contributed by atoms with Crippen molar-refractivity contribution in [1.29, 1.82) is 0 Å². The highest BCUT2D eigenvalue weighted by Crippen LogP contribution is 2.18. The zero-order valence-electron chi connectivity index (χ0n) is 6.44. The average molecular weight is 222 g/mol. The summed E-state index contributed by atoms with van der Waals surface area (Å²) in [7, 11) is 0. The lowest BCUT2D eigenvalue weighted by molar-refractivity contribution is 0.899. The predicted molar refractivity (Wildman–Crippen MR) is 55.3 cm³/mol. The summed E-state index contributed by atoms with van der Waals surface area (Å²) in [6.07, 6.45) is 8.10. The van der Waals surface area contributed by atoms with Crippen molar-refractivity contribution >= 4 is 28.3 Å². The highest BCUT2D eigenvalue weighted by atomic mass is 79.9. The molecule has 1 heterocycles. The van der Waals surface area contributed by atoms with Crippen LogP contribution < -0.4 is 0 Å². The second-order valence-electron chi connectivity index (χ2n) is 2.60. The van der Waals surface area contributed by atoms with Crippen molar-refractivity contribution in [2.45, 2.75) is 0 Å². The van der Waals surface area contributed by atoms with Crippen LogP contribution in [-0.4, -0.2) is 3.93 Å². The van der Waals surface area contributed by atoms with Gasteiger partial charge in [-0.2, -0.15) is 0 Å². The number of hydrogen-bond donors (Lipinski definition) is 0. The van der Waals surface area contributed by atoms with E-state index in [4.69, 9.17) is 0 Å². The number of benzene rings is 1. The van der Waals surface area contributed by atoms with Crippen LogP contribution in [0.2, 0.25) is 0 Å². The largest absolute Gasteiger partial charge is 0.292 e. The highest BCUT2D eigenvalue weighted by molar-refractivity contribution is 9.07. The smallest absolute Gasteiger partial charge is 0.0539 e. The molecule has 0 aliphatic carbocycles. The van der Waals surface area contributed by atoms with Crippen molar-refractivity contribution in [2.75, 3.05) is 0 Å². The van der Waals surface area contributed by atoms with Crippen LogP contribution >= 0.6 is 16.1 Å². The molecule has 1 nitrogen and oxygen atoms in total. The van der Waals surface area contributed by atoms with Crippen LogP contribution in [0.25, 0.3) is 12.2 Å². The van der Waals surface area contributed by atoms with Gasteiger partial charge in [-0.3, -0.25) is 3.93 Å². The summed E-state index contributed by atoms with van der Waals surface area (Å²) in [5.74, 6) is 0. The van der Waals surface area contributed by atoms with E-state index in [-0.39, 0.29) is 0 Å². The van der Waals surface area contributed by atoms with Crippen LogP contribution in [0.4, 0.5) is 0 Å². The minimum atomic E-state index is 1.25. The van der Waals surface area contributed by atoms with Crippen LogP contribution in [0.1, 0.15) is 11.1 Å². The minimum absolute atomic E-state index is 1.25. The first kappa shape index (κ1) is 7.62. The second-order valence-corrected chi connectivity index (χ2v) is 3.42. The van der Waals surface area contributed by atoms with Gasteiger partial charge in [-0.25, -0.2) is 0 Å². The Morgan fingerprint density at radius 3 is 1.92 bits per heavy atom. The summed E-state index contributed by atoms with van der Waals surface area (Å²) in [6.45, 7) is 0. The van der Waals surface area contributed by atoms with E-state index in [0.29, 0.717) is 0 Å². The molecule has 0 unspecified atom stereocenters. The van der Waals surface area contributed by atoms with E-state index in [0.717, 1.165) is 0 Å². The number of nitrogens with zero attached hydrogens (tertiary/aromatic N) is 1. The Bertz CT molecular complexity index is 308. The molecule has 0 saturated heterocycles. The Kier molecular flexibility index (Phi) is 2.00. The second kappa shape index (κ2) is 3.15. The van der Waals surface area contributed by atoms with E-state index in [9.17, 15) is 0 Å². The molecule has 2 heteroatoms. The molecule has 0 atom stereocenters. The molecule has 2 rings (SSSR count). The fraction of sp³-hybridized carbons (Fsp3) is 0. The molecule has 60 valence electrons. The molecule has 12 heavy (non-hydrogen) atoms. The van der Waals surface area contributed by atoms with E-state index < -0.39 is 0 Å². The molecular weight excluding hydrogens is 214 g/mol. The number of rotatable bonds is 0. The van der Waals surface area contributed by atoms with Gasteiger partial charge in [0.2, 0.25) is 0 Å². The fourth-order valence-electron chi connectivity index (χ4n) is 1.17. The molecule has 0 spiro atoms. The van der Waals surface area contributed by atoms with Gasteiger partial charge in [0.05, 0.1) is 16.1 Å². The highest BCUT2D eigenvalue weighted by Gasteiger charge is 1.98. The van der Waals surface area contributed by atoms with Crippen molar-refractivity contribution in [3.8, 4) is 0 Å². The molecule has 0 fully saturated rings. The number of halogens is 1. The maximum absolute atomic E-state index is 3.36. The van der Waals surface area contributed by atoms with E-state index in [1.165, 1.54) is 11.1 Å². The van der Waals surface area contributed by atoms with Gasteiger partial charge in [0, 0.05) is 12.4 Å². The van der Waals surface area contributed by atoms with Gasteiger partial charge < -0.3 is 0 Å². The molecular formula is C10H8BrN. The Morgan fingerprint density at radius 2 is 1.42 bits per heavy atom. The van der Waals surface area contributed by atoms with Crippen LogP contribution in [0, 0.1) is 0 Å². The van der Waals surface area contributed by atoms with Crippen LogP contribution in [0.5, 0.6) is 0 Å². The van der Waals surface area contributed by atoms with Gasteiger partial charge in [-0.05, 0) is 23.3 Å². The zero-order chi connectivity index (χ0) is 8.39. The van der Waals surface area contributed by atoms with E-state index >= 15 is 0 Å². The zero-order valence-corrected chi connectivity index (χ0v) is 8.03. The normalized spacial score (nSPS) is 14.2. The maximum Gasteiger partial charge on any atom is 0.0539 e. The lowest BCUT2D eigenvalue weighted by atomic mass is 10.1. The Labute approximate surface area is 80.3 Å². The predicted octanol–water partition coefficient (Wildman–Crippen LogP) is 3.25. The molecule has 0 N–H and O–H groups in total. The van der Waals surface area contributed by atoms with Crippen LogP contribution in [0.15, 0.2) is 36.7 Å². The molecule has 0 aromatic heterocycles. The summed E-state index contributed by atoms with van der Waals surface area (Å²) < 4.78 is 1.85. The number of hydrogen-bond acceptors (Lipinski definition) is 1. The Morgan fingerprint density at radius 1 is 0.917 bits per heavy atom. The molecule has 1 aromatic rings. The lowest BCUT2D eigenvalue weighted by Gasteiger charge is -1.98. The third-order valence-corrected chi connectivity index (χ3v) is 2.26. The molecule has 1 aliphatic heterocycles. The summed E-state index contributed by atoms with van der Waals surface area (Å²) in [6, 6.07) is 8.28. The van der Waals surface area contributed by atoms with Gasteiger partial charge in [0.25, 0.3) is 0 Å². The van der Waals surface area contributed by atoms with E-state index in [1.54, 1.807) is 0 Å². The van der Waals surface area contributed by atoms with Gasteiger partial charge in [0.15, 0.2) is 0 Å². The molecule has 0 saturated carbocycles. The van der Waals surface area contributed by atoms with Gasteiger partial charge in [0.1, 0.15) is 0 Å². The van der Waals surface area contributed by atoms with Crippen molar-refractivity contribution in [3.05, 3.63) is 47.8 Å². The molecule has 0 bridgehead atoms. The first-order valence-electron chi connectivity index (χ1n) is 3.76. The number of fused-ring (bicyclic) bond motifs is 1. The van der Waals surface area contributed by atoms with Crippen molar-refractivity contribution in [1.82, 2.24) is 3.93 Å². The molecule has 0 amide bonds. The third kappa shape index (κ3) is 1.43. The lowest BCUT2D eigenvalue weighted by Crippen LogP contribution is -1.85. The fourth-order valence-corrected chi connectivity index (χ4v) is 1.40. The minimum Gasteiger partial charge on any atom is -0.292 e. The molecule has 0 radical (unpaired) electrons. The summed E-state index contributed by atoms with van der Waals surface area (Å²) in [4.78, 5) is 0. The van der Waals surface area contributed by atoms with Gasteiger partial charge in [-0.15, -0.1) is 0 Å². The van der Waals surface area contributed by atoms with Crippen LogP contribution in [0.3, 0.4) is 0 Å². The van der Waals surface area contributed by atoms with Crippen molar-refractivity contribution in [2.24, 2.45) is 0 Å². The standard InChI is InChI=1S/C10H8BrN/c11-12-7-5-9-3-1-2-4-10(9)6-8-12/h1-8H. The maximum atomic E-state index is 3.36. The van der Waals surface area contributed by atoms with E-state index in [1.807, 2.05) is 28.5 Å². The third-order valence-electron chi connectivity index (χ3n) is 1.79. The Hall–Kier alpha value is -1.02. The SMILES string of the molecule is BrN1C=Cc2ccccc2C=C1. The summed E-state index contributed by atoms with van der Waals surface area (Å²) >= 11 is 3.36. The molecule has 1 aliphatic rings. The first-order chi connectivity index (χ1) is 5.86. The Balaban J connectivity index is 2.52. The quantitative estimate of drug-likeness (QED) is 0.609. The first-order valence-corrected chi connectivity index (χ1v) is 4.47. The van der Waals surface area contributed by atoms with Crippen molar-refractivity contribution in [3.63, 3.8) is 0 Å². The van der Waals surface area contributed by atoms with E-state index in [2.05, 4.69) is 40.4 Å². The summed E-state index contributed by atoms with van der Waals surface area (Å²) in [5.41, 5.74) is 2.49. The van der Waals surface area contributed by atoms with Crippen LogP contribution in [-0.2, 0) is 0 Å². The monoisotopic (exact) mass is 221 g/mol. The van der Waals surface area contributed by atoms with Gasteiger partial charge in [-0.1, -0.05) is 24.3 Å².